The monoisotopic (exact) mass is 282 g/mol. The average Bonchev–Trinajstić information content (AvgIpc) is 3.01. The van der Waals surface area contributed by atoms with Gasteiger partial charge in [-0.15, -0.1) is 0 Å². The fraction of sp³-hybridized carbons (Fsp3) is 0.364. The molecule has 0 radical (unpaired) electrons. The van der Waals surface area contributed by atoms with Crippen LogP contribution < -0.4 is 10.7 Å². The van der Waals surface area contributed by atoms with Gasteiger partial charge in [-0.1, -0.05) is 0 Å². The van der Waals surface area contributed by atoms with Gasteiger partial charge in [0.15, 0.2) is 0 Å². The number of nitrogens with one attached hydrogen (secondary N) is 2. The van der Waals surface area contributed by atoms with E-state index in [2.05, 4.69) is 10.7 Å². The Labute approximate surface area is 114 Å². The first kappa shape index (κ1) is 13.7. The van der Waals surface area contributed by atoms with Gasteiger partial charge in [-0.25, -0.2) is 19.5 Å². The molecule has 20 heavy (non-hydrogen) atoms. The molecule has 9 nitrogen and oxygen atoms in total. The molecular weight excluding hydrogens is 268 g/mol. The number of anilines is 1. The summed E-state index contributed by atoms with van der Waals surface area (Å²) in [5.74, 6) is -1.17. The summed E-state index contributed by atoms with van der Waals surface area (Å²) in [6, 6.07) is -0.725. The fourth-order valence-electron chi connectivity index (χ4n) is 1.64. The maximum Gasteiger partial charge on any atom is 0.346 e. The second-order valence-corrected chi connectivity index (χ2v) is 4.22. The number of aliphatic carboxylic acids is 1. The maximum absolute atomic E-state index is 12.0. The van der Waals surface area contributed by atoms with E-state index in [1.54, 1.807) is 6.07 Å². The number of nitrogens with zero attached hydrogens (tertiary/aromatic N) is 2. The van der Waals surface area contributed by atoms with E-state index in [0.717, 1.165) is 4.90 Å². The van der Waals surface area contributed by atoms with E-state index in [0.29, 0.717) is 12.2 Å². The van der Waals surface area contributed by atoms with Crippen LogP contribution in [0, 0.1) is 0 Å². The number of hydrazine groups is 1. The summed E-state index contributed by atoms with van der Waals surface area (Å²) < 4.78 is 4.85. The molecular formula is C11H14N4O5. The highest BCUT2D eigenvalue weighted by molar-refractivity contribution is 5.96. The highest BCUT2D eigenvalue weighted by atomic mass is 16.4. The van der Waals surface area contributed by atoms with Gasteiger partial charge >= 0.3 is 18.0 Å². The molecule has 1 aliphatic heterocycles. The van der Waals surface area contributed by atoms with E-state index >= 15 is 0 Å². The summed E-state index contributed by atoms with van der Waals surface area (Å²) in [5, 5.41) is 12.2. The number of amides is 4. The third-order valence-electron chi connectivity index (χ3n) is 2.75. The number of hydrogen-bond acceptors (Lipinski definition) is 5. The molecule has 0 aliphatic carbocycles. The Morgan fingerprint density at radius 2 is 2.20 bits per heavy atom. The Kier molecular flexibility index (Phi) is 3.78. The Morgan fingerprint density at radius 3 is 2.80 bits per heavy atom. The number of carbonyl (C=O) groups excluding carboxylic acids is 2. The second-order valence-electron chi connectivity index (χ2n) is 4.22. The van der Waals surface area contributed by atoms with Crippen molar-refractivity contribution in [3.63, 3.8) is 0 Å². The van der Waals surface area contributed by atoms with Crippen LogP contribution in [-0.2, 0) is 4.79 Å². The van der Waals surface area contributed by atoms with Crippen LogP contribution in [0.15, 0.2) is 23.0 Å². The van der Waals surface area contributed by atoms with E-state index in [-0.39, 0.29) is 6.54 Å². The second kappa shape index (κ2) is 5.51. The lowest BCUT2D eigenvalue weighted by atomic mass is 10.3. The largest absolute Gasteiger partial charge is 0.480 e. The van der Waals surface area contributed by atoms with Gasteiger partial charge in [-0.05, 0) is 6.92 Å². The SMILES string of the molecule is C[C@H](NC(=O)N1CCN(Nc2ccoc2)C1=O)C(=O)O. The minimum atomic E-state index is -1.17. The molecule has 1 aromatic heterocycles. The van der Waals surface area contributed by atoms with Crippen molar-refractivity contribution in [3.8, 4) is 0 Å². The third kappa shape index (κ3) is 2.82. The molecule has 2 rings (SSSR count). The molecule has 1 fully saturated rings. The van der Waals surface area contributed by atoms with Gasteiger partial charge in [0.2, 0.25) is 0 Å². The summed E-state index contributed by atoms with van der Waals surface area (Å²) in [6.07, 6.45) is 2.87. The van der Waals surface area contributed by atoms with Crippen molar-refractivity contribution in [1.29, 1.82) is 0 Å². The van der Waals surface area contributed by atoms with Gasteiger partial charge in [0, 0.05) is 6.07 Å². The van der Waals surface area contributed by atoms with Crippen LogP contribution in [0.2, 0.25) is 0 Å². The number of hydrogen-bond donors (Lipinski definition) is 3. The molecule has 1 atom stereocenters. The van der Waals surface area contributed by atoms with Crippen molar-refractivity contribution in [3.05, 3.63) is 18.6 Å². The van der Waals surface area contributed by atoms with E-state index < -0.39 is 24.1 Å². The van der Waals surface area contributed by atoms with E-state index in [1.165, 1.54) is 24.5 Å². The minimum absolute atomic E-state index is 0.169. The first-order valence-corrected chi connectivity index (χ1v) is 5.90. The Bertz CT molecular complexity index is 515. The summed E-state index contributed by atoms with van der Waals surface area (Å²) in [5.41, 5.74) is 3.37. The van der Waals surface area contributed by atoms with Crippen molar-refractivity contribution >= 4 is 23.7 Å². The predicted molar refractivity (Wildman–Crippen MR) is 66.8 cm³/mol. The van der Waals surface area contributed by atoms with Crippen molar-refractivity contribution in [2.24, 2.45) is 0 Å². The Balaban J connectivity index is 1.93. The minimum Gasteiger partial charge on any atom is -0.480 e. The predicted octanol–water partition coefficient (Wildman–Crippen LogP) is 0.527. The molecule has 9 heteroatoms. The molecule has 0 unspecified atom stereocenters. The highest BCUT2D eigenvalue weighted by Gasteiger charge is 2.34. The van der Waals surface area contributed by atoms with Gasteiger partial charge in [0.25, 0.3) is 0 Å². The zero-order valence-electron chi connectivity index (χ0n) is 10.7. The molecule has 2 heterocycles. The topological polar surface area (TPSA) is 115 Å². The van der Waals surface area contributed by atoms with E-state index in [4.69, 9.17) is 9.52 Å². The highest BCUT2D eigenvalue weighted by Crippen LogP contribution is 2.13. The van der Waals surface area contributed by atoms with Gasteiger partial charge in [0.05, 0.1) is 25.0 Å². The van der Waals surface area contributed by atoms with Crippen LogP contribution in [0.4, 0.5) is 15.3 Å². The molecule has 4 amide bonds. The van der Waals surface area contributed by atoms with Crippen molar-refractivity contribution in [2.45, 2.75) is 13.0 Å². The number of carboxylic acid groups (broad SMARTS) is 1. The Morgan fingerprint density at radius 1 is 1.45 bits per heavy atom. The van der Waals surface area contributed by atoms with Crippen LogP contribution >= 0.6 is 0 Å². The molecule has 0 aromatic carbocycles. The van der Waals surface area contributed by atoms with E-state index in [1.807, 2.05) is 0 Å². The van der Waals surface area contributed by atoms with Gasteiger partial charge in [0.1, 0.15) is 12.3 Å². The summed E-state index contributed by atoms with van der Waals surface area (Å²) in [4.78, 5) is 35.3. The molecule has 1 saturated heterocycles. The summed E-state index contributed by atoms with van der Waals surface area (Å²) in [7, 11) is 0. The standard InChI is InChI=1S/C11H14N4O5/c1-7(9(16)17)12-10(18)14-3-4-15(11(14)19)13-8-2-5-20-6-8/h2,5-7,13H,3-4H2,1H3,(H,12,18)(H,16,17)/t7-/m0/s1. The van der Waals surface area contributed by atoms with Gasteiger partial charge in [-0.3, -0.25) is 10.2 Å². The van der Waals surface area contributed by atoms with Gasteiger partial charge < -0.3 is 14.8 Å². The molecule has 0 bridgehead atoms. The van der Waals surface area contributed by atoms with Gasteiger partial charge in [-0.2, -0.15) is 0 Å². The first-order valence-electron chi connectivity index (χ1n) is 5.90. The smallest absolute Gasteiger partial charge is 0.346 e. The maximum atomic E-state index is 12.0. The number of rotatable bonds is 4. The number of furan rings is 1. The molecule has 0 saturated carbocycles. The quantitative estimate of drug-likeness (QED) is 0.741. The van der Waals surface area contributed by atoms with Crippen LogP contribution in [0.3, 0.4) is 0 Å². The zero-order valence-corrected chi connectivity index (χ0v) is 10.7. The number of imide groups is 1. The summed E-state index contributed by atoms with van der Waals surface area (Å²) >= 11 is 0. The van der Waals surface area contributed by atoms with Crippen LogP contribution in [0.5, 0.6) is 0 Å². The summed E-state index contributed by atoms with van der Waals surface area (Å²) in [6.45, 7) is 1.78. The molecule has 1 aliphatic rings. The third-order valence-corrected chi connectivity index (χ3v) is 2.75. The Hall–Kier alpha value is -2.71. The zero-order chi connectivity index (χ0) is 14.7. The number of urea groups is 2. The van der Waals surface area contributed by atoms with Crippen LogP contribution in [0.1, 0.15) is 6.92 Å². The van der Waals surface area contributed by atoms with Crippen molar-refractivity contribution in [2.75, 3.05) is 18.5 Å². The van der Waals surface area contributed by atoms with Crippen molar-refractivity contribution in [1.82, 2.24) is 15.2 Å². The lowest BCUT2D eigenvalue weighted by Gasteiger charge is -2.19. The van der Waals surface area contributed by atoms with Crippen LogP contribution in [0.25, 0.3) is 0 Å². The fourth-order valence-corrected chi connectivity index (χ4v) is 1.64. The molecule has 0 spiro atoms. The van der Waals surface area contributed by atoms with E-state index in [9.17, 15) is 14.4 Å². The lowest BCUT2D eigenvalue weighted by Crippen LogP contribution is -2.48. The molecule has 1 aromatic rings. The van der Waals surface area contributed by atoms with Crippen molar-refractivity contribution < 1.29 is 23.9 Å². The first-order chi connectivity index (χ1) is 9.49. The number of carbonyl (C=O) groups is 3. The van der Waals surface area contributed by atoms with Crippen LogP contribution in [-0.4, -0.2) is 52.2 Å². The average molecular weight is 282 g/mol. The normalized spacial score (nSPS) is 16.1. The number of carboxylic acids is 1. The lowest BCUT2D eigenvalue weighted by molar-refractivity contribution is -0.138. The molecule has 108 valence electrons. The molecule has 3 N–H and O–H groups in total.